The van der Waals surface area contributed by atoms with Crippen LogP contribution in [0.3, 0.4) is 0 Å². The lowest BCUT2D eigenvalue weighted by Crippen LogP contribution is -2.40. The van der Waals surface area contributed by atoms with Crippen molar-refractivity contribution in [3.63, 3.8) is 0 Å². The molecule has 0 spiro atoms. The zero-order valence-corrected chi connectivity index (χ0v) is 18.7. The number of ether oxygens (including phenoxy) is 3. The molecule has 164 valence electrons. The van der Waals surface area contributed by atoms with Gasteiger partial charge in [-0.15, -0.1) is 0 Å². The molecular formula is C21H28N2O6S. The van der Waals surface area contributed by atoms with Crippen LogP contribution in [0.15, 0.2) is 42.5 Å². The molecule has 0 aliphatic heterocycles. The molecule has 8 nitrogen and oxygen atoms in total. The van der Waals surface area contributed by atoms with Crippen LogP contribution in [0.4, 0.5) is 5.69 Å². The van der Waals surface area contributed by atoms with Gasteiger partial charge in [0, 0.05) is 12.6 Å². The summed E-state index contributed by atoms with van der Waals surface area (Å²) in [5, 5.41) is 2.74. The summed E-state index contributed by atoms with van der Waals surface area (Å²) in [4.78, 5) is 12.5. The molecule has 2 rings (SSSR count). The molecule has 1 N–H and O–H groups in total. The van der Waals surface area contributed by atoms with Crippen molar-refractivity contribution >= 4 is 21.6 Å². The number of rotatable bonds is 10. The van der Waals surface area contributed by atoms with E-state index in [1.54, 1.807) is 43.5 Å². The van der Waals surface area contributed by atoms with Gasteiger partial charge in [-0.05, 0) is 43.7 Å². The summed E-state index contributed by atoms with van der Waals surface area (Å²) in [7, 11) is -0.635. The van der Waals surface area contributed by atoms with E-state index in [4.69, 9.17) is 14.2 Å². The third-order valence-electron chi connectivity index (χ3n) is 4.11. The SMILES string of the molecule is COc1cccc(N(CC(=O)NCc2ccc(OC(C)C)c(OC)c2)S(C)(=O)=O)c1. The van der Waals surface area contributed by atoms with E-state index in [1.807, 2.05) is 19.9 Å². The number of anilines is 1. The lowest BCUT2D eigenvalue weighted by molar-refractivity contribution is -0.119. The Morgan fingerprint density at radius 3 is 2.40 bits per heavy atom. The number of carbonyl (C=O) groups excluding carboxylic acids is 1. The standard InChI is InChI=1S/C21H28N2O6S/c1-15(2)29-19-10-9-16(11-20(19)28-4)13-22-21(24)14-23(30(5,25)26)17-7-6-8-18(12-17)27-3/h6-12,15H,13-14H2,1-5H3,(H,22,24). The maximum atomic E-state index is 12.5. The fourth-order valence-corrected chi connectivity index (χ4v) is 3.57. The molecule has 0 aliphatic carbocycles. The van der Waals surface area contributed by atoms with E-state index in [0.29, 0.717) is 22.9 Å². The van der Waals surface area contributed by atoms with E-state index in [-0.39, 0.29) is 19.2 Å². The van der Waals surface area contributed by atoms with Gasteiger partial charge < -0.3 is 19.5 Å². The van der Waals surface area contributed by atoms with Crippen molar-refractivity contribution in [1.29, 1.82) is 0 Å². The lowest BCUT2D eigenvalue weighted by atomic mass is 10.2. The molecule has 0 fully saturated rings. The smallest absolute Gasteiger partial charge is 0.241 e. The maximum Gasteiger partial charge on any atom is 0.241 e. The molecule has 2 aromatic carbocycles. The molecule has 0 saturated carbocycles. The number of benzene rings is 2. The van der Waals surface area contributed by atoms with Crippen LogP contribution < -0.4 is 23.8 Å². The molecule has 1 amide bonds. The summed E-state index contributed by atoms with van der Waals surface area (Å²) in [6.45, 7) is 3.71. The number of hydrogen-bond donors (Lipinski definition) is 1. The Morgan fingerprint density at radius 2 is 1.80 bits per heavy atom. The highest BCUT2D eigenvalue weighted by atomic mass is 32.2. The van der Waals surface area contributed by atoms with Gasteiger partial charge >= 0.3 is 0 Å². The van der Waals surface area contributed by atoms with Gasteiger partial charge in [0.1, 0.15) is 12.3 Å². The first-order valence-corrected chi connectivity index (χ1v) is 11.2. The van der Waals surface area contributed by atoms with Crippen molar-refractivity contribution in [2.75, 3.05) is 31.3 Å². The molecule has 0 unspecified atom stereocenters. The highest BCUT2D eigenvalue weighted by Gasteiger charge is 2.21. The van der Waals surface area contributed by atoms with Crippen LogP contribution >= 0.6 is 0 Å². The zero-order chi connectivity index (χ0) is 22.3. The molecule has 30 heavy (non-hydrogen) atoms. The van der Waals surface area contributed by atoms with Gasteiger partial charge in [0.25, 0.3) is 0 Å². The maximum absolute atomic E-state index is 12.5. The molecule has 0 atom stereocenters. The van der Waals surface area contributed by atoms with Crippen molar-refractivity contribution < 1.29 is 27.4 Å². The topological polar surface area (TPSA) is 94.2 Å². The molecule has 0 saturated heterocycles. The number of sulfonamides is 1. The van der Waals surface area contributed by atoms with Gasteiger partial charge in [-0.2, -0.15) is 0 Å². The second kappa shape index (κ2) is 10.2. The average molecular weight is 437 g/mol. The molecule has 0 radical (unpaired) electrons. The molecule has 0 aromatic heterocycles. The van der Waals surface area contributed by atoms with Crippen molar-refractivity contribution in [3.8, 4) is 17.2 Å². The molecule has 0 aliphatic rings. The number of nitrogens with one attached hydrogen (secondary N) is 1. The third kappa shape index (κ3) is 6.55. The van der Waals surface area contributed by atoms with Gasteiger partial charge in [0.15, 0.2) is 11.5 Å². The highest BCUT2D eigenvalue weighted by molar-refractivity contribution is 7.92. The molecule has 0 heterocycles. The van der Waals surface area contributed by atoms with Crippen molar-refractivity contribution in [1.82, 2.24) is 5.32 Å². The number of hydrogen-bond acceptors (Lipinski definition) is 6. The van der Waals surface area contributed by atoms with Gasteiger partial charge in [-0.1, -0.05) is 12.1 Å². The van der Waals surface area contributed by atoms with E-state index < -0.39 is 15.9 Å². The number of methoxy groups -OCH3 is 2. The van der Waals surface area contributed by atoms with Gasteiger partial charge in [0.2, 0.25) is 15.9 Å². The largest absolute Gasteiger partial charge is 0.497 e. The number of nitrogens with zero attached hydrogens (tertiary/aromatic N) is 1. The quantitative estimate of drug-likeness (QED) is 0.615. The fourth-order valence-electron chi connectivity index (χ4n) is 2.73. The Labute approximate surface area is 177 Å². The second-order valence-corrected chi connectivity index (χ2v) is 8.81. The van der Waals surface area contributed by atoms with Gasteiger partial charge in [0.05, 0.1) is 32.3 Å². The summed E-state index contributed by atoms with van der Waals surface area (Å²) < 4.78 is 41.6. The second-order valence-electron chi connectivity index (χ2n) is 6.90. The Morgan fingerprint density at radius 1 is 1.07 bits per heavy atom. The first kappa shape index (κ1) is 23.3. The summed E-state index contributed by atoms with van der Waals surface area (Å²) in [5.41, 5.74) is 1.15. The minimum atomic E-state index is -3.67. The minimum Gasteiger partial charge on any atom is -0.497 e. The Hall–Kier alpha value is -2.94. The van der Waals surface area contributed by atoms with Crippen LogP contribution in [0, 0.1) is 0 Å². The molecule has 0 bridgehead atoms. The highest BCUT2D eigenvalue weighted by Crippen LogP contribution is 2.29. The molecule has 2 aromatic rings. The molecular weight excluding hydrogens is 408 g/mol. The van der Waals surface area contributed by atoms with Gasteiger partial charge in [-0.25, -0.2) is 8.42 Å². The monoisotopic (exact) mass is 436 g/mol. The number of amides is 1. The van der Waals surface area contributed by atoms with E-state index >= 15 is 0 Å². The fraction of sp³-hybridized carbons (Fsp3) is 0.381. The predicted octanol–water partition coefficient (Wildman–Crippen LogP) is 2.57. The van der Waals surface area contributed by atoms with Crippen molar-refractivity contribution in [3.05, 3.63) is 48.0 Å². The van der Waals surface area contributed by atoms with Crippen LogP contribution in [0.5, 0.6) is 17.2 Å². The third-order valence-corrected chi connectivity index (χ3v) is 5.25. The summed E-state index contributed by atoms with van der Waals surface area (Å²) in [6, 6.07) is 11.9. The summed E-state index contributed by atoms with van der Waals surface area (Å²) in [6.07, 6.45) is 1.06. The van der Waals surface area contributed by atoms with Crippen LogP contribution in [-0.2, 0) is 21.4 Å². The summed E-state index contributed by atoms with van der Waals surface area (Å²) in [5.74, 6) is 1.23. The minimum absolute atomic E-state index is 0.00281. The van der Waals surface area contributed by atoms with Crippen LogP contribution in [0.2, 0.25) is 0 Å². The van der Waals surface area contributed by atoms with E-state index in [2.05, 4.69) is 5.32 Å². The zero-order valence-electron chi connectivity index (χ0n) is 17.8. The first-order chi connectivity index (χ1) is 14.1. The van der Waals surface area contributed by atoms with Crippen molar-refractivity contribution in [2.24, 2.45) is 0 Å². The summed E-state index contributed by atoms with van der Waals surface area (Å²) >= 11 is 0. The Balaban J connectivity index is 2.09. The number of carbonyl (C=O) groups is 1. The van der Waals surface area contributed by atoms with Gasteiger partial charge in [-0.3, -0.25) is 9.10 Å². The van der Waals surface area contributed by atoms with Crippen LogP contribution in [-0.4, -0.2) is 47.4 Å². The molecule has 9 heteroatoms. The van der Waals surface area contributed by atoms with E-state index in [1.165, 1.54) is 7.11 Å². The average Bonchev–Trinajstić information content (AvgIpc) is 2.70. The Kier molecular flexibility index (Phi) is 7.93. The first-order valence-electron chi connectivity index (χ1n) is 9.36. The lowest BCUT2D eigenvalue weighted by Gasteiger charge is -2.22. The predicted molar refractivity (Wildman–Crippen MR) is 116 cm³/mol. The van der Waals surface area contributed by atoms with Crippen LogP contribution in [0.1, 0.15) is 19.4 Å². The van der Waals surface area contributed by atoms with Crippen LogP contribution in [0.25, 0.3) is 0 Å². The normalized spacial score (nSPS) is 11.1. The Bertz CT molecular complexity index is 975. The van der Waals surface area contributed by atoms with E-state index in [9.17, 15) is 13.2 Å². The van der Waals surface area contributed by atoms with Crippen molar-refractivity contribution in [2.45, 2.75) is 26.5 Å². The van der Waals surface area contributed by atoms with E-state index in [0.717, 1.165) is 16.1 Å².